The molecule has 0 saturated carbocycles. The van der Waals surface area contributed by atoms with E-state index in [1.807, 2.05) is 53.4 Å². The van der Waals surface area contributed by atoms with Gasteiger partial charge in [0.25, 0.3) is 5.91 Å². The minimum atomic E-state index is 0.0257. The third-order valence-electron chi connectivity index (χ3n) is 5.20. The zero-order chi connectivity index (χ0) is 18.0. The molecule has 3 nitrogen and oxygen atoms in total. The highest BCUT2D eigenvalue weighted by molar-refractivity contribution is 14.1. The molecule has 4 aromatic rings. The maximum absolute atomic E-state index is 13.6. The van der Waals surface area contributed by atoms with E-state index in [0.29, 0.717) is 0 Å². The molecule has 5 rings (SSSR count). The number of carbonyl (C=O) groups is 1. The van der Waals surface area contributed by atoms with Crippen molar-refractivity contribution in [1.29, 1.82) is 0 Å². The Bertz CT molecular complexity index is 1250. The lowest BCUT2D eigenvalue weighted by Crippen LogP contribution is -2.22. The van der Waals surface area contributed by atoms with Crippen molar-refractivity contribution in [2.24, 2.45) is 0 Å². The van der Waals surface area contributed by atoms with Gasteiger partial charge in [-0.15, -0.1) is 0 Å². The fourth-order valence-electron chi connectivity index (χ4n) is 3.80. The van der Waals surface area contributed by atoms with E-state index in [4.69, 9.17) is 4.98 Å². The summed E-state index contributed by atoms with van der Waals surface area (Å²) < 4.78 is 1.05. The average molecular weight is 450 g/mol. The number of fused-ring (bicyclic) bond motifs is 2. The number of benzene rings is 3. The van der Waals surface area contributed by atoms with Gasteiger partial charge in [-0.3, -0.25) is 9.69 Å². The summed E-state index contributed by atoms with van der Waals surface area (Å²) in [4.78, 5) is 20.3. The summed E-state index contributed by atoms with van der Waals surface area (Å²) >= 11 is 2.29. The highest BCUT2D eigenvalue weighted by Crippen LogP contribution is 2.46. The molecule has 0 unspecified atom stereocenters. The van der Waals surface area contributed by atoms with Crippen molar-refractivity contribution in [1.82, 2.24) is 4.98 Å². The molecule has 0 atom stereocenters. The molecule has 1 aromatic heterocycles. The molecule has 0 spiro atoms. The summed E-state index contributed by atoms with van der Waals surface area (Å²) in [5.41, 5.74) is 6.69. The summed E-state index contributed by atoms with van der Waals surface area (Å²) in [6, 6.07) is 18.0. The quantitative estimate of drug-likeness (QED) is 0.267. The Kier molecular flexibility index (Phi) is 3.34. The van der Waals surface area contributed by atoms with Gasteiger partial charge in [-0.25, -0.2) is 4.98 Å². The Morgan fingerprint density at radius 1 is 0.962 bits per heavy atom. The monoisotopic (exact) mass is 450 g/mol. The second kappa shape index (κ2) is 5.51. The fraction of sp³-hybridized carbons (Fsp3) is 0.0909. The van der Waals surface area contributed by atoms with Crippen LogP contribution in [0.1, 0.15) is 21.5 Å². The molecule has 2 heterocycles. The molecule has 3 aromatic carbocycles. The fourth-order valence-corrected chi connectivity index (χ4v) is 4.43. The molecule has 4 heteroatoms. The Hall–Kier alpha value is -2.47. The van der Waals surface area contributed by atoms with Crippen molar-refractivity contribution in [3.63, 3.8) is 0 Å². The van der Waals surface area contributed by atoms with Crippen molar-refractivity contribution < 1.29 is 4.79 Å². The van der Waals surface area contributed by atoms with Crippen molar-refractivity contribution in [2.45, 2.75) is 13.8 Å². The van der Waals surface area contributed by atoms with Gasteiger partial charge in [0.2, 0.25) is 0 Å². The maximum Gasteiger partial charge on any atom is 0.264 e. The molecule has 0 bridgehead atoms. The van der Waals surface area contributed by atoms with E-state index in [9.17, 15) is 4.79 Å². The van der Waals surface area contributed by atoms with Crippen LogP contribution < -0.4 is 4.90 Å². The molecule has 1 aliphatic heterocycles. The van der Waals surface area contributed by atoms with Crippen LogP contribution in [0.4, 0.5) is 11.4 Å². The summed E-state index contributed by atoms with van der Waals surface area (Å²) in [6.07, 6.45) is 0. The minimum Gasteiger partial charge on any atom is -0.275 e. The molecule has 0 saturated heterocycles. The molecular weight excluding hydrogens is 435 g/mol. The minimum absolute atomic E-state index is 0.0257. The van der Waals surface area contributed by atoms with Crippen LogP contribution in [-0.4, -0.2) is 10.9 Å². The number of amides is 1. The summed E-state index contributed by atoms with van der Waals surface area (Å²) in [5, 5.41) is 1.89. The van der Waals surface area contributed by atoms with Crippen molar-refractivity contribution in [3.05, 3.63) is 74.9 Å². The molecule has 0 N–H and O–H groups in total. The number of halogens is 1. The predicted octanol–water partition coefficient (Wildman–Crippen LogP) is 5.90. The number of aromatic nitrogens is 1. The van der Waals surface area contributed by atoms with E-state index in [2.05, 4.69) is 42.5 Å². The normalized spacial score (nSPS) is 13.2. The van der Waals surface area contributed by atoms with Crippen LogP contribution in [0.15, 0.2) is 54.6 Å². The number of pyridine rings is 1. The van der Waals surface area contributed by atoms with Crippen molar-refractivity contribution in [3.8, 4) is 0 Å². The number of rotatable bonds is 1. The van der Waals surface area contributed by atoms with Gasteiger partial charge in [-0.05, 0) is 71.8 Å². The molecule has 1 aliphatic rings. The highest BCUT2D eigenvalue weighted by atomic mass is 127. The lowest BCUT2D eigenvalue weighted by molar-refractivity contribution is 0.101. The van der Waals surface area contributed by atoms with E-state index in [-0.39, 0.29) is 5.91 Å². The van der Waals surface area contributed by atoms with Gasteiger partial charge in [-0.1, -0.05) is 30.3 Å². The van der Waals surface area contributed by atoms with Gasteiger partial charge in [0.05, 0.1) is 28.0 Å². The second-order valence-corrected chi connectivity index (χ2v) is 7.82. The second-order valence-electron chi connectivity index (χ2n) is 6.66. The van der Waals surface area contributed by atoms with E-state index in [1.54, 1.807) is 0 Å². The number of nitrogens with zero attached hydrogens (tertiary/aromatic N) is 2. The molecule has 0 radical (unpaired) electrons. The van der Waals surface area contributed by atoms with Gasteiger partial charge < -0.3 is 0 Å². The van der Waals surface area contributed by atoms with Crippen LogP contribution in [0.5, 0.6) is 0 Å². The summed E-state index contributed by atoms with van der Waals surface area (Å²) in [5.74, 6) is 0.0257. The number of carbonyl (C=O) groups excluding carboxylic acids is 1. The van der Waals surface area contributed by atoms with Crippen molar-refractivity contribution in [2.75, 3.05) is 4.90 Å². The van der Waals surface area contributed by atoms with Crippen LogP contribution in [-0.2, 0) is 0 Å². The van der Waals surface area contributed by atoms with Crippen LogP contribution in [0.25, 0.3) is 21.8 Å². The lowest BCUT2D eigenvalue weighted by Gasteiger charge is -2.20. The Labute approximate surface area is 164 Å². The van der Waals surface area contributed by atoms with Crippen LogP contribution in [0.2, 0.25) is 0 Å². The van der Waals surface area contributed by atoms with Crippen LogP contribution in [0, 0.1) is 17.4 Å². The van der Waals surface area contributed by atoms with Crippen LogP contribution in [0.3, 0.4) is 0 Å². The third kappa shape index (κ3) is 1.99. The standard InChI is InChI=1S/C22H15IN2O/c1-12-11-18-20-19(22(26)25(18)17-10-6-4-8-15(17)23)14-7-3-5-9-16(14)24-21(20)13(12)2/h3-11H,1-2H3. The molecule has 0 fully saturated rings. The molecule has 1 amide bonds. The van der Waals surface area contributed by atoms with Gasteiger partial charge in [-0.2, -0.15) is 0 Å². The molecular formula is C22H15IN2O. The van der Waals surface area contributed by atoms with E-state index in [1.165, 1.54) is 0 Å². The first-order chi connectivity index (χ1) is 12.6. The summed E-state index contributed by atoms with van der Waals surface area (Å²) in [7, 11) is 0. The topological polar surface area (TPSA) is 33.2 Å². The first-order valence-electron chi connectivity index (χ1n) is 8.49. The average Bonchev–Trinajstić information content (AvgIpc) is 2.93. The van der Waals surface area contributed by atoms with Gasteiger partial charge in [0.1, 0.15) is 0 Å². The first kappa shape index (κ1) is 15.8. The number of hydrogen-bond acceptors (Lipinski definition) is 2. The van der Waals surface area contributed by atoms with E-state index >= 15 is 0 Å². The zero-order valence-corrected chi connectivity index (χ0v) is 16.5. The Balaban J connectivity index is 1.97. The smallest absolute Gasteiger partial charge is 0.264 e. The molecule has 126 valence electrons. The lowest BCUT2D eigenvalue weighted by atomic mass is 9.99. The number of anilines is 2. The van der Waals surface area contributed by atoms with Gasteiger partial charge in [0.15, 0.2) is 0 Å². The SMILES string of the molecule is Cc1cc2c3c(c4ccccc4nc3c1C)C(=O)N2c1ccccc1I. The number of aryl methyl sites for hydroxylation is 2. The Morgan fingerprint density at radius 3 is 2.50 bits per heavy atom. The number of para-hydroxylation sites is 2. The largest absolute Gasteiger partial charge is 0.275 e. The summed E-state index contributed by atoms with van der Waals surface area (Å²) in [6.45, 7) is 4.16. The zero-order valence-electron chi connectivity index (χ0n) is 14.4. The molecule has 0 aliphatic carbocycles. The first-order valence-corrected chi connectivity index (χ1v) is 9.57. The molecule has 26 heavy (non-hydrogen) atoms. The highest BCUT2D eigenvalue weighted by Gasteiger charge is 2.35. The maximum atomic E-state index is 13.6. The van der Waals surface area contributed by atoms with E-state index < -0.39 is 0 Å². The van der Waals surface area contributed by atoms with Crippen LogP contribution >= 0.6 is 22.6 Å². The Morgan fingerprint density at radius 2 is 1.69 bits per heavy atom. The predicted molar refractivity (Wildman–Crippen MR) is 114 cm³/mol. The van der Waals surface area contributed by atoms with Crippen molar-refractivity contribution >= 4 is 61.7 Å². The van der Waals surface area contributed by atoms with Gasteiger partial charge >= 0.3 is 0 Å². The van der Waals surface area contributed by atoms with E-state index in [0.717, 1.165) is 53.4 Å². The number of hydrogen-bond donors (Lipinski definition) is 0. The van der Waals surface area contributed by atoms with Gasteiger partial charge in [0, 0.05) is 14.3 Å². The third-order valence-corrected chi connectivity index (χ3v) is 6.11.